The third kappa shape index (κ3) is 20.2. The molecule has 0 aromatic rings. The zero-order valence-corrected chi connectivity index (χ0v) is 11.7. The number of rotatable bonds is 8. The van der Waals surface area contributed by atoms with Crippen LogP contribution in [0.4, 0.5) is 0 Å². The molecule has 0 heterocycles. The van der Waals surface area contributed by atoms with E-state index < -0.39 is 24.3 Å². The Bertz CT molecular complexity index is 299. The van der Waals surface area contributed by atoms with Crippen LogP contribution in [0.5, 0.6) is 0 Å². The van der Waals surface area contributed by atoms with Gasteiger partial charge in [0.15, 0.2) is 6.79 Å². The van der Waals surface area contributed by atoms with E-state index in [0.717, 1.165) is 7.11 Å². The van der Waals surface area contributed by atoms with E-state index in [0.29, 0.717) is 0 Å². The molecule has 0 amide bonds. The Balaban J connectivity index is -0.0000000933. The summed E-state index contributed by atoms with van der Waals surface area (Å²) >= 11 is 0. The first kappa shape index (κ1) is 33.0. The van der Waals surface area contributed by atoms with E-state index in [9.17, 15) is 13.7 Å². The first-order valence-electron chi connectivity index (χ1n) is 3.61. The zero-order valence-electron chi connectivity index (χ0n) is 9.06. The van der Waals surface area contributed by atoms with E-state index in [4.69, 9.17) is 15.3 Å². The van der Waals surface area contributed by atoms with Crippen LogP contribution in [0.2, 0.25) is 0 Å². The minimum Gasteiger partial charge on any atom is -0.368 e. The van der Waals surface area contributed by atoms with Crippen molar-refractivity contribution in [1.82, 2.24) is 0 Å². The number of aliphatic hydroxyl groups excluding tert-OH is 1. The van der Waals surface area contributed by atoms with Gasteiger partial charge in [0.1, 0.15) is 0 Å². The van der Waals surface area contributed by atoms with Gasteiger partial charge in [-0.3, -0.25) is 4.52 Å². The lowest BCUT2D eigenvalue weighted by Gasteiger charge is -2.12. The molecule has 15 heteroatoms. The van der Waals surface area contributed by atoms with E-state index in [1.807, 2.05) is 0 Å². The van der Waals surface area contributed by atoms with Crippen LogP contribution >= 0.6 is 24.3 Å². The molecule has 0 fully saturated rings. The lowest BCUT2D eigenvalue weighted by atomic mass is 11.5. The maximum Gasteiger partial charge on any atom is 0.510 e. The van der Waals surface area contributed by atoms with Crippen LogP contribution in [-0.2, 0) is 41.3 Å². The third-order valence-corrected chi connectivity index (χ3v) is 4.20. The largest absolute Gasteiger partial charge is 0.510 e. The predicted octanol–water partition coefficient (Wildman–Crippen LogP) is 2.99. The van der Waals surface area contributed by atoms with Gasteiger partial charge in [0.05, 0.1) is 7.11 Å². The Kier molecular flexibility index (Phi) is 28.6. The molecule has 2 unspecified atom stereocenters. The van der Waals surface area contributed by atoms with Crippen molar-refractivity contribution in [2.75, 3.05) is 21.0 Å². The number of hydrogen-bond acceptors (Lipinski definition) is 11. The Labute approximate surface area is 125 Å². The molecule has 21 heavy (non-hydrogen) atoms. The standard InChI is InChI=1S/C2H6O3.CH5O9P3.3CH4/c1-4-5-2-3;1-7-13(6,8-2)10-12(4,5)9-11-3;;;/h3H,2H2,1H3;2H,1H3,(H,4,5);3*1H4. The highest BCUT2D eigenvalue weighted by molar-refractivity contribution is 7.63. The van der Waals surface area contributed by atoms with Gasteiger partial charge in [0, 0.05) is 7.11 Å². The summed E-state index contributed by atoms with van der Waals surface area (Å²) in [5.74, 6) is 0. The summed E-state index contributed by atoms with van der Waals surface area (Å²) in [6, 6.07) is 0. The molecule has 12 nitrogen and oxygen atoms in total. The Morgan fingerprint density at radius 2 is 1.62 bits per heavy atom. The molecule has 0 aliphatic rings. The molecule has 0 aliphatic heterocycles. The summed E-state index contributed by atoms with van der Waals surface area (Å²) in [5.41, 5.74) is 0. The summed E-state index contributed by atoms with van der Waals surface area (Å²) in [4.78, 5) is 16.4. The lowest BCUT2D eigenvalue weighted by molar-refractivity contribution is -0.309. The second-order valence-electron chi connectivity index (χ2n) is 1.83. The van der Waals surface area contributed by atoms with Gasteiger partial charge < -0.3 is 10.00 Å². The maximum atomic E-state index is 10.8. The van der Waals surface area contributed by atoms with Crippen LogP contribution in [-0.4, -0.2) is 36.3 Å². The van der Waals surface area contributed by atoms with E-state index in [1.54, 1.807) is 0 Å². The fraction of sp³-hybridized carbons (Fsp3) is 1.00. The topological polar surface area (TPSA) is 167 Å². The Morgan fingerprint density at radius 3 is 1.81 bits per heavy atom. The smallest absolute Gasteiger partial charge is 0.368 e. The monoisotopic (exact) mass is 380 g/mol. The average molecular weight is 380 g/mol. The molecule has 3 N–H and O–H groups in total. The van der Waals surface area contributed by atoms with Gasteiger partial charge in [-0.25, -0.2) is 28.7 Å². The molecule has 0 aromatic heterocycles. The van der Waals surface area contributed by atoms with Gasteiger partial charge in [-0.1, -0.05) is 22.3 Å². The fourth-order valence-electron chi connectivity index (χ4n) is 0.318. The summed E-state index contributed by atoms with van der Waals surface area (Å²) in [7, 11) is -8.46. The Hall–Kier alpha value is 0.200. The summed E-state index contributed by atoms with van der Waals surface area (Å²) in [6.07, 6.45) is 0. The van der Waals surface area contributed by atoms with Crippen LogP contribution in [0.25, 0.3) is 0 Å². The molecule has 0 rings (SSSR count). The van der Waals surface area contributed by atoms with Crippen molar-refractivity contribution < 1.29 is 56.5 Å². The third-order valence-electron chi connectivity index (χ3n) is 0.834. The second kappa shape index (κ2) is 18.2. The second-order valence-corrected chi connectivity index (χ2v) is 5.65. The quantitative estimate of drug-likeness (QED) is 0.244. The number of aliphatic hydroxyl groups is 1. The highest BCUT2D eigenvalue weighted by Gasteiger charge is 2.38. The predicted molar refractivity (Wildman–Crippen MR) is 73.3 cm³/mol. The van der Waals surface area contributed by atoms with Crippen molar-refractivity contribution in [2.24, 2.45) is 0 Å². The summed E-state index contributed by atoms with van der Waals surface area (Å²) in [5, 5.41) is 15.7. The van der Waals surface area contributed by atoms with Crippen molar-refractivity contribution in [3.8, 4) is 0 Å². The zero-order chi connectivity index (χ0) is 14.7. The normalized spacial score (nSPS) is 14.9. The molecule has 0 spiro atoms. The molecule has 134 valence electrons. The van der Waals surface area contributed by atoms with Crippen LogP contribution in [0.3, 0.4) is 0 Å². The molecule has 0 saturated carbocycles. The fourth-order valence-corrected chi connectivity index (χ4v) is 2.51. The van der Waals surface area contributed by atoms with Gasteiger partial charge >= 0.3 is 24.3 Å². The van der Waals surface area contributed by atoms with Gasteiger partial charge in [-0.15, -0.1) is 4.67 Å². The van der Waals surface area contributed by atoms with Gasteiger partial charge in [0.25, 0.3) is 0 Å². The molecule has 2 atom stereocenters. The highest BCUT2D eigenvalue weighted by atomic mass is 31.3. The molecular weight excluding hydrogens is 357 g/mol. The maximum absolute atomic E-state index is 10.8. The molecule has 0 bridgehead atoms. The van der Waals surface area contributed by atoms with E-state index in [2.05, 4.69) is 27.6 Å². The first-order valence-corrected chi connectivity index (χ1v) is 7.30. The van der Waals surface area contributed by atoms with Crippen molar-refractivity contribution in [1.29, 1.82) is 0 Å². The minimum atomic E-state index is -4.85. The highest BCUT2D eigenvalue weighted by Crippen LogP contribution is 2.63. The summed E-state index contributed by atoms with van der Waals surface area (Å²) < 4.78 is 45.5. The number of phosphoric acid groups is 2. The van der Waals surface area contributed by atoms with E-state index >= 15 is 0 Å². The van der Waals surface area contributed by atoms with Gasteiger partial charge in [0.2, 0.25) is 0 Å². The minimum absolute atomic E-state index is 0. The van der Waals surface area contributed by atoms with Crippen molar-refractivity contribution in [3.63, 3.8) is 0 Å². The van der Waals surface area contributed by atoms with Crippen molar-refractivity contribution in [3.05, 3.63) is 0 Å². The number of hydrogen-bond donors (Lipinski definition) is 3. The molecule has 0 saturated heterocycles. The van der Waals surface area contributed by atoms with Crippen LogP contribution in [0.1, 0.15) is 22.3 Å². The average Bonchev–Trinajstić information content (AvgIpc) is 2.30. The van der Waals surface area contributed by atoms with Crippen LogP contribution < -0.4 is 0 Å². The molecule has 0 aliphatic carbocycles. The van der Waals surface area contributed by atoms with E-state index in [1.165, 1.54) is 7.11 Å². The Morgan fingerprint density at radius 1 is 1.14 bits per heavy atom. The van der Waals surface area contributed by atoms with E-state index in [-0.39, 0.29) is 29.1 Å². The van der Waals surface area contributed by atoms with Crippen molar-refractivity contribution >= 4 is 24.3 Å². The molecular formula is C6H23O12P3. The summed E-state index contributed by atoms with van der Waals surface area (Å²) in [6.45, 7) is -0.378. The van der Waals surface area contributed by atoms with Crippen LogP contribution in [0.15, 0.2) is 0 Å². The first-order chi connectivity index (χ1) is 8.30. The lowest BCUT2D eigenvalue weighted by Crippen LogP contribution is -1.93. The molecule has 0 radical (unpaired) electrons. The van der Waals surface area contributed by atoms with Crippen LogP contribution in [0, 0.1) is 0 Å². The SMILES string of the molecule is C.C.C.COOCO.COP(=O)(OO)OP(=O)(O)OP=O. The van der Waals surface area contributed by atoms with Crippen molar-refractivity contribution in [2.45, 2.75) is 22.3 Å². The van der Waals surface area contributed by atoms with Gasteiger partial charge in [-0.05, 0) is 0 Å². The molecule has 0 aromatic carbocycles. The van der Waals surface area contributed by atoms with Gasteiger partial charge in [-0.2, -0.15) is 8.62 Å².